The summed E-state index contributed by atoms with van der Waals surface area (Å²) in [5, 5.41) is 0.859. The Morgan fingerprint density at radius 1 is 0.848 bits per heavy atom. The van der Waals surface area contributed by atoms with Crippen molar-refractivity contribution < 1.29 is 38.1 Å². The summed E-state index contributed by atoms with van der Waals surface area (Å²) >= 11 is 0. The van der Waals surface area contributed by atoms with E-state index in [9.17, 15) is 14.4 Å². The average Bonchev–Trinajstić information content (AvgIpc) is 3.94. The number of rotatable bonds is 19. The first-order valence-electron chi connectivity index (χ1n) is 21.2. The minimum atomic E-state index is -0.595. The van der Waals surface area contributed by atoms with Crippen LogP contribution in [0.3, 0.4) is 0 Å². The second-order valence-electron chi connectivity index (χ2n) is 15.3. The van der Waals surface area contributed by atoms with Crippen LogP contribution in [0.4, 0.5) is 27.5 Å². The maximum Gasteiger partial charge on any atom is 0.414 e. The van der Waals surface area contributed by atoms with Crippen LogP contribution in [-0.4, -0.2) is 87.7 Å². The van der Waals surface area contributed by atoms with E-state index in [1.807, 2.05) is 79.8 Å². The molecule has 66 heavy (non-hydrogen) atoms. The third kappa shape index (κ3) is 10.2. The smallest absolute Gasteiger partial charge is 0.414 e. The molecule has 0 saturated carbocycles. The maximum atomic E-state index is 14.1. The van der Waals surface area contributed by atoms with Crippen LogP contribution in [0.1, 0.15) is 43.2 Å². The number of anilines is 3. The van der Waals surface area contributed by atoms with Crippen LogP contribution < -0.4 is 33.6 Å². The molecule has 0 radical (unpaired) electrons. The molecule has 338 valence electrons. The van der Waals surface area contributed by atoms with E-state index in [4.69, 9.17) is 28.7 Å². The van der Waals surface area contributed by atoms with E-state index < -0.39 is 6.09 Å². The predicted molar refractivity (Wildman–Crippen MR) is 259 cm³/mol. The number of carbonyl (C=O) groups is 3. The second kappa shape index (κ2) is 21.3. The summed E-state index contributed by atoms with van der Waals surface area (Å²) in [5.74, 6) is 1.65. The number of aldehydes is 1. The molecule has 0 spiro atoms. The molecule has 4 aromatic carbocycles. The molecule has 0 saturated heterocycles. The van der Waals surface area contributed by atoms with Gasteiger partial charge in [0.05, 0.1) is 48.6 Å². The van der Waals surface area contributed by atoms with Crippen molar-refractivity contribution in [3.05, 3.63) is 149 Å². The van der Waals surface area contributed by atoms with Gasteiger partial charge in [-0.25, -0.2) is 9.78 Å². The number of amides is 2. The summed E-state index contributed by atoms with van der Waals surface area (Å²) in [5.41, 5.74) is 6.69. The summed E-state index contributed by atoms with van der Waals surface area (Å²) in [6.07, 6.45) is 3.31. The molecule has 0 fully saturated rings. The van der Waals surface area contributed by atoms with Gasteiger partial charge in [-0.2, -0.15) is 0 Å². The number of benzene rings is 4. The summed E-state index contributed by atoms with van der Waals surface area (Å²) in [6.45, 7) is 4.74. The van der Waals surface area contributed by atoms with Gasteiger partial charge in [0.1, 0.15) is 24.8 Å². The Balaban J connectivity index is 0.974. The van der Waals surface area contributed by atoms with Gasteiger partial charge >= 0.3 is 6.09 Å². The van der Waals surface area contributed by atoms with Crippen LogP contribution in [0.5, 0.6) is 23.0 Å². The lowest BCUT2D eigenvalue weighted by molar-refractivity contribution is 0.0989. The van der Waals surface area contributed by atoms with Crippen LogP contribution in [0.15, 0.2) is 125 Å². The zero-order valence-corrected chi connectivity index (χ0v) is 38.4. The van der Waals surface area contributed by atoms with Crippen molar-refractivity contribution in [3.63, 3.8) is 0 Å². The van der Waals surface area contributed by atoms with Crippen molar-refractivity contribution in [2.24, 2.45) is 4.99 Å². The molecule has 2 aromatic heterocycles. The molecule has 2 amide bonds. The van der Waals surface area contributed by atoms with Gasteiger partial charge < -0.3 is 33.5 Å². The SMILES string of the molecule is C=Nc1cc(OCc2cccc(COc3cc(N(CC4Cc5ccccc5N4C)C(=O)OCCSSc4ccccn4)c(C=O)cc3OC)n2)c(OC)cc1C(=O)N1CCc2ccccc21. The number of carbonyl (C=O) groups excluding carboxylic acids is 3. The third-order valence-corrected chi connectivity index (χ3v) is 13.6. The van der Waals surface area contributed by atoms with Gasteiger partial charge in [0.2, 0.25) is 0 Å². The van der Waals surface area contributed by atoms with Crippen molar-refractivity contribution in [1.29, 1.82) is 0 Å². The largest absolute Gasteiger partial charge is 0.493 e. The highest BCUT2D eigenvalue weighted by molar-refractivity contribution is 8.76. The monoisotopic (exact) mass is 924 g/mol. The number of likely N-dealkylation sites (N-methyl/N-ethyl adjacent to an activating group) is 1. The highest BCUT2D eigenvalue weighted by atomic mass is 33.1. The molecule has 6 aromatic rings. The number of pyridine rings is 2. The molecule has 14 nitrogen and oxygen atoms in total. The number of nitrogens with zero attached hydrogens (tertiary/aromatic N) is 6. The number of hydrogen-bond acceptors (Lipinski definition) is 14. The molecule has 16 heteroatoms. The van der Waals surface area contributed by atoms with Gasteiger partial charge in [-0.05, 0) is 90.0 Å². The van der Waals surface area contributed by atoms with Gasteiger partial charge in [-0.1, -0.05) is 59.3 Å². The lowest BCUT2D eigenvalue weighted by Gasteiger charge is -2.31. The molecular formula is C50H48N6O8S2. The maximum absolute atomic E-state index is 14.1. The summed E-state index contributed by atoms with van der Waals surface area (Å²) in [4.78, 5) is 59.2. The minimum Gasteiger partial charge on any atom is -0.493 e. The van der Waals surface area contributed by atoms with Gasteiger partial charge in [-0.15, -0.1) is 0 Å². The summed E-state index contributed by atoms with van der Waals surface area (Å²) < 4.78 is 29.8. The van der Waals surface area contributed by atoms with E-state index in [2.05, 4.69) is 33.7 Å². The lowest BCUT2D eigenvalue weighted by Crippen LogP contribution is -2.44. The Morgan fingerprint density at radius 2 is 1.55 bits per heavy atom. The van der Waals surface area contributed by atoms with Crippen molar-refractivity contribution in [1.82, 2.24) is 9.97 Å². The van der Waals surface area contributed by atoms with Gasteiger partial charge in [0, 0.05) is 61.2 Å². The van der Waals surface area contributed by atoms with Crippen molar-refractivity contribution in [2.75, 3.05) is 61.4 Å². The van der Waals surface area contributed by atoms with E-state index in [1.165, 1.54) is 46.3 Å². The molecule has 0 aliphatic carbocycles. The van der Waals surface area contributed by atoms with Crippen LogP contribution in [0.25, 0.3) is 0 Å². The number of hydrogen-bond donors (Lipinski definition) is 0. The molecule has 1 atom stereocenters. The molecule has 0 bridgehead atoms. The Bertz CT molecular complexity index is 2720. The third-order valence-electron chi connectivity index (χ3n) is 11.3. The number of aliphatic imine (C=N–C) groups is 1. The molecule has 2 aliphatic rings. The van der Waals surface area contributed by atoms with Crippen LogP contribution in [-0.2, 0) is 30.8 Å². The first-order chi connectivity index (χ1) is 32.3. The normalized spacial score (nSPS) is 13.7. The standard InChI is InChI=1S/C50H48N6O8S2/c1-51-40-27-46(45(61-4)26-39(40)49(58)55-21-19-33-12-5-8-17-42(33)55)63-31-36-14-11-15-37(53-36)32-64-47-28-43(35(30-57)25-44(47)60-3)56(29-38-24-34-13-6-7-16-41(34)54(38)2)50(59)62-22-23-65-66-48-18-9-10-20-52-48/h5-18,20,25-28,30,38H,1,19,21-24,29,31-32H2,2-4H3. The highest BCUT2D eigenvalue weighted by Gasteiger charge is 2.33. The van der Waals surface area contributed by atoms with E-state index in [0.717, 1.165) is 28.4 Å². The topological polar surface area (TPSA) is 145 Å². The molecule has 0 N–H and O–H groups in total. The Hall–Kier alpha value is -7.04. The van der Waals surface area contributed by atoms with Gasteiger partial charge in [0.25, 0.3) is 5.91 Å². The Kier molecular flexibility index (Phi) is 14.7. The Morgan fingerprint density at radius 3 is 2.24 bits per heavy atom. The zero-order chi connectivity index (χ0) is 46.0. The van der Waals surface area contributed by atoms with Crippen molar-refractivity contribution >= 4 is 69.3 Å². The van der Waals surface area contributed by atoms with Crippen LogP contribution in [0, 0.1) is 0 Å². The van der Waals surface area contributed by atoms with E-state index >= 15 is 0 Å². The predicted octanol–water partition coefficient (Wildman–Crippen LogP) is 9.44. The number of aromatic nitrogens is 2. The average molecular weight is 925 g/mol. The lowest BCUT2D eigenvalue weighted by atomic mass is 10.1. The minimum absolute atomic E-state index is 0.0185. The van der Waals surface area contributed by atoms with Crippen LogP contribution >= 0.6 is 21.6 Å². The second-order valence-corrected chi connectivity index (χ2v) is 17.7. The number of ether oxygens (including phenoxy) is 5. The molecule has 4 heterocycles. The Labute approximate surface area is 391 Å². The van der Waals surface area contributed by atoms with E-state index in [-0.39, 0.29) is 43.9 Å². The van der Waals surface area contributed by atoms with E-state index in [1.54, 1.807) is 35.4 Å². The highest BCUT2D eigenvalue weighted by Crippen LogP contribution is 2.40. The molecule has 2 aliphatic heterocycles. The van der Waals surface area contributed by atoms with Crippen molar-refractivity contribution in [2.45, 2.75) is 37.1 Å². The summed E-state index contributed by atoms with van der Waals surface area (Å²) in [6, 6.07) is 33.5. The number of methoxy groups -OCH3 is 2. The van der Waals surface area contributed by atoms with E-state index in [0.29, 0.717) is 76.3 Å². The zero-order valence-electron chi connectivity index (χ0n) is 36.8. The van der Waals surface area contributed by atoms with Gasteiger partial charge in [-0.3, -0.25) is 24.5 Å². The first kappa shape index (κ1) is 45.5. The van der Waals surface area contributed by atoms with Crippen LogP contribution in [0.2, 0.25) is 0 Å². The molecular weight excluding hydrogens is 877 g/mol. The number of fused-ring (bicyclic) bond motifs is 2. The fourth-order valence-corrected chi connectivity index (χ4v) is 9.71. The number of para-hydroxylation sites is 2. The van der Waals surface area contributed by atoms with Crippen molar-refractivity contribution in [3.8, 4) is 23.0 Å². The van der Waals surface area contributed by atoms with Gasteiger partial charge in [0.15, 0.2) is 29.3 Å². The fraction of sp³-hybridized carbons (Fsp3) is 0.240. The fourth-order valence-electron chi connectivity index (χ4n) is 8.00. The summed E-state index contributed by atoms with van der Waals surface area (Å²) in [7, 11) is 8.03. The quantitative estimate of drug-likeness (QED) is 0.0329. The molecule has 1 unspecified atom stereocenters. The first-order valence-corrected chi connectivity index (χ1v) is 23.5. The molecule has 8 rings (SSSR count).